The Morgan fingerprint density at radius 2 is 1.89 bits per heavy atom. The highest BCUT2D eigenvalue weighted by atomic mass is 19.4. The number of carbonyl (C=O) groups excluding carboxylic acids is 3. The molecule has 1 aliphatic rings. The minimum atomic E-state index is -5.04. The first-order valence-electron chi connectivity index (χ1n) is 11.3. The molecule has 1 unspecified atom stereocenters. The number of alkyl halides is 3. The summed E-state index contributed by atoms with van der Waals surface area (Å²) in [6, 6.07) is 0. The predicted molar refractivity (Wildman–Crippen MR) is 120 cm³/mol. The van der Waals surface area contributed by atoms with Crippen molar-refractivity contribution in [1.82, 2.24) is 19.1 Å². The summed E-state index contributed by atoms with van der Waals surface area (Å²) in [4.78, 5) is 67.4. The van der Waals surface area contributed by atoms with Crippen molar-refractivity contribution in [2.45, 2.75) is 84.2 Å². The van der Waals surface area contributed by atoms with Crippen LogP contribution in [0.2, 0.25) is 0 Å². The number of hydrogen-bond acceptors (Lipinski definition) is 9. The van der Waals surface area contributed by atoms with Crippen LogP contribution < -0.4 is 16.6 Å². The molecule has 13 nitrogen and oxygen atoms in total. The fourth-order valence-corrected chi connectivity index (χ4v) is 4.10. The summed E-state index contributed by atoms with van der Waals surface area (Å²) in [6.07, 6.45) is -12.2. The van der Waals surface area contributed by atoms with E-state index in [1.165, 1.54) is 0 Å². The van der Waals surface area contributed by atoms with Crippen LogP contribution in [0.4, 0.5) is 19.1 Å². The zero-order valence-electron chi connectivity index (χ0n) is 20.4. The number of hydrogen-bond donors (Lipinski definition) is 2. The van der Waals surface area contributed by atoms with Gasteiger partial charge in [-0.05, 0) is 6.42 Å². The number of esters is 2. The van der Waals surface area contributed by atoms with E-state index in [0.717, 1.165) is 29.9 Å². The summed E-state index contributed by atoms with van der Waals surface area (Å²) in [6.45, 7) is 4.87. The van der Waals surface area contributed by atoms with Crippen LogP contribution in [0, 0.1) is 0 Å². The van der Waals surface area contributed by atoms with Gasteiger partial charge in [-0.1, -0.05) is 13.3 Å². The van der Waals surface area contributed by atoms with E-state index < -0.39 is 66.2 Å². The Hall–Kier alpha value is -3.69. The second kappa shape index (κ2) is 10.7. The van der Waals surface area contributed by atoms with Gasteiger partial charge in [-0.3, -0.25) is 34.0 Å². The van der Waals surface area contributed by atoms with Gasteiger partial charge in [0, 0.05) is 33.7 Å². The fourth-order valence-electron chi connectivity index (χ4n) is 4.10. The molecule has 0 saturated carbocycles. The Labute approximate surface area is 206 Å². The third-order valence-electron chi connectivity index (χ3n) is 5.46. The molecule has 2 aromatic heterocycles. The second-order valence-electron chi connectivity index (χ2n) is 8.45. The van der Waals surface area contributed by atoms with E-state index in [2.05, 4.69) is 20.0 Å². The quantitative estimate of drug-likeness (QED) is 0.477. The van der Waals surface area contributed by atoms with Crippen molar-refractivity contribution < 1.29 is 41.8 Å². The average molecular weight is 533 g/mol. The summed E-state index contributed by atoms with van der Waals surface area (Å²) in [5, 5.41) is 2.28. The second-order valence-corrected chi connectivity index (χ2v) is 8.45. The number of ether oxygens (including phenoxy) is 3. The van der Waals surface area contributed by atoms with Crippen molar-refractivity contribution in [2.24, 2.45) is 0 Å². The molecule has 0 bridgehead atoms. The molecule has 204 valence electrons. The molecule has 3 rings (SSSR count). The van der Waals surface area contributed by atoms with Crippen molar-refractivity contribution >= 4 is 35.0 Å². The van der Waals surface area contributed by atoms with Crippen molar-refractivity contribution in [3.63, 3.8) is 0 Å². The summed E-state index contributed by atoms with van der Waals surface area (Å²) >= 11 is 0. The highest BCUT2D eigenvalue weighted by Crippen LogP contribution is 2.39. The first-order valence-corrected chi connectivity index (χ1v) is 11.3. The van der Waals surface area contributed by atoms with E-state index in [1.54, 1.807) is 0 Å². The molecule has 0 aromatic carbocycles. The number of aryl methyl sites for hydroxylation is 1. The molecule has 0 aliphatic carbocycles. The van der Waals surface area contributed by atoms with Crippen molar-refractivity contribution in [1.29, 1.82) is 0 Å². The van der Waals surface area contributed by atoms with Crippen LogP contribution in [-0.2, 0) is 35.1 Å². The maximum absolute atomic E-state index is 13.7. The molecular weight excluding hydrogens is 507 g/mol. The number of anilines is 1. The molecule has 2 N–H and O–H groups in total. The maximum atomic E-state index is 13.7. The Bertz CT molecular complexity index is 1310. The number of rotatable bonds is 8. The fraction of sp³-hybridized carbons (Fsp3) is 0.619. The molecule has 1 fully saturated rings. The van der Waals surface area contributed by atoms with Gasteiger partial charge in [-0.15, -0.1) is 0 Å². The van der Waals surface area contributed by atoms with Crippen LogP contribution in [-0.4, -0.2) is 61.4 Å². The number of unbranched alkanes of at least 4 members (excludes halogenated alkanes) is 1. The molecule has 37 heavy (non-hydrogen) atoms. The van der Waals surface area contributed by atoms with Crippen LogP contribution in [0.5, 0.6) is 0 Å². The highest BCUT2D eigenvalue weighted by Gasteiger charge is 2.54. The third-order valence-corrected chi connectivity index (χ3v) is 5.46. The number of aromatic nitrogens is 4. The van der Waals surface area contributed by atoms with Crippen LogP contribution in [0.1, 0.15) is 53.2 Å². The number of nitrogens with zero attached hydrogens (tertiary/aromatic N) is 3. The largest absolute Gasteiger partial charge is 0.458 e. The van der Waals surface area contributed by atoms with Gasteiger partial charge in [0.25, 0.3) is 5.56 Å². The third kappa shape index (κ3) is 6.00. The number of imidazole rings is 1. The summed E-state index contributed by atoms with van der Waals surface area (Å²) in [5.41, 5.74) is -2.19. The Morgan fingerprint density at radius 3 is 2.43 bits per heavy atom. The van der Waals surface area contributed by atoms with E-state index in [-0.39, 0.29) is 23.7 Å². The lowest BCUT2D eigenvalue weighted by molar-refractivity contribution is -0.248. The zero-order chi connectivity index (χ0) is 27.7. The Balaban J connectivity index is 2.22. The number of amides is 1. The summed E-state index contributed by atoms with van der Waals surface area (Å²) in [7, 11) is 0. The monoisotopic (exact) mass is 533 g/mol. The maximum Gasteiger partial charge on any atom is 0.428 e. The topological polar surface area (TPSA) is 164 Å². The van der Waals surface area contributed by atoms with Gasteiger partial charge in [0.05, 0.1) is 0 Å². The Morgan fingerprint density at radius 1 is 1.22 bits per heavy atom. The number of halogens is 3. The van der Waals surface area contributed by atoms with Crippen molar-refractivity contribution in [2.75, 3.05) is 5.32 Å². The predicted octanol–water partition coefficient (Wildman–Crippen LogP) is 1.36. The molecule has 0 spiro atoms. The first-order chi connectivity index (χ1) is 17.2. The minimum Gasteiger partial charge on any atom is -0.458 e. The zero-order valence-corrected chi connectivity index (χ0v) is 20.4. The molecule has 1 amide bonds. The van der Waals surface area contributed by atoms with Crippen molar-refractivity contribution in [3.05, 3.63) is 20.8 Å². The van der Waals surface area contributed by atoms with Crippen LogP contribution in [0.25, 0.3) is 11.2 Å². The van der Waals surface area contributed by atoms with Gasteiger partial charge < -0.3 is 14.2 Å². The first kappa shape index (κ1) is 27.9. The highest BCUT2D eigenvalue weighted by molar-refractivity contribution is 5.87. The van der Waals surface area contributed by atoms with E-state index in [9.17, 15) is 37.1 Å². The number of aromatic amines is 1. The lowest BCUT2D eigenvalue weighted by atomic mass is 10.1. The molecular formula is C21H26F3N5O8. The van der Waals surface area contributed by atoms with E-state index in [4.69, 9.17) is 9.47 Å². The molecule has 3 heterocycles. The smallest absolute Gasteiger partial charge is 0.428 e. The number of carbonyl (C=O) groups is 3. The lowest BCUT2D eigenvalue weighted by Gasteiger charge is -2.25. The standard InChI is InChI=1S/C21H26F3N5O8/c1-5-6-7-28-14-16(26-19(25-9(2)30)27-17(14)33)29(20(28)34)18-13(35-10(3)31)8-12(37-18)15(21(22,23)24)36-11(4)32/h12-13,15,18H,5-8H2,1-4H3,(H2,25,26,27,30,33)/t12-,13+,15?,18+/m0/s1. The molecule has 0 radical (unpaired) electrons. The van der Waals surface area contributed by atoms with Crippen LogP contribution >= 0.6 is 0 Å². The number of H-pyrrole nitrogens is 1. The minimum absolute atomic E-state index is 0.0656. The van der Waals surface area contributed by atoms with Crippen LogP contribution in [0.15, 0.2) is 9.59 Å². The van der Waals surface area contributed by atoms with Gasteiger partial charge in [-0.2, -0.15) is 18.2 Å². The van der Waals surface area contributed by atoms with Gasteiger partial charge in [0.2, 0.25) is 18.0 Å². The summed E-state index contributed by atoms with van der Waals surface area (Å²) in [5.74, 6) is -3.01. The molecule has 1 saturated heterocycles. The SMILES string of the molecule is CCCCn1c(=O)n([C@@H]2O[C@H](C(OC(C)=O)C(F)(F)F)C[C@H]2OC(C)=O)c2nc(NC(C)=O)[nH]c(=O)c21. The molecule has 16 heteroatoms. The number of fused-ring (bicyclic) bond motifs is 1. The van der Waals surface area contributed by atoms with Gasteiger partial charge >= 0.3 is 23.8 Å². The normalized spacial score (nSPS) is 20.6. The van der Waals surface area contributed by atoms with Gasteiger partial charge in [0.1, 0.15) is 12.2 Å². The molecule has 1 aliphatic heterocycles. The number of nitrogens with one attached hydrogen (secondary N) is 2. The molecule has 2 aromatic rings. The van der Waals surface area contributed by atoms with E-state index >= 15 is 0 Å². The van der Waals surface area contributed by atoms with Crippen molar-refractivity contribution in [3.8, 4) is 0 Å². The average Bonchev–Trinajstić information content (AvgIpc) is 3.26. The van der Waals surface area contributed by atoms with Gasteiger partial charge in [-0.25, -0.2) is 9.36 Å². The lowest BCUT2D eigenvalue weighted by Crippen LogP contribution is -2.43. The van der Waals surface area contributed by atoms with Crippen LogP contribution in [0.3, 0.4) is 0 Å². The Kier molecular flexibility index (Phi) is 8.09. The molecule has 4 atom stereocenters. The summed E-state index contributed by atoms with van der Waals surface area (Å²) < 4.78 is 58.2. The van der Waals surface area contributed by atoms with E-state index in [0.29, 0.717) is 12.8 Å². The van der Waals surface area contributed by atoms with E-state index in [1.807, 2.05) is 6.92 Å². The van der Waals surface area contributed by atoms with Gasteiger partial charge in [0.15, 0.2) is 17.4 Å².